The van der Waals surface area contributed by atoms with Crippen LogP contribution in [0.5, 0.6) is 5.75 Å². The lowest BCUT2D eigenvalue weighted by Gasteiger charge is -2.24. The first-order valence-corrected chi connectivity index (χ1v) is 10.2. The Labute approximate surface area is 181 Å². The molecule has 2 amide bonds. The summed E-state index contributed by atoms with van der Waals surface area (Å²) in [4.78, 5) is 28.4. The van der Waals surface area contributed by atoms with Crippen molar-refractivity contribution in [2.45, 2.75) is 26.3 Å². The zero-order valence-corrected chi connectivity index (χ0v) is 18.1. The van der Waals surface area contributed by atoms with Gasteiger partial charge < -0.3 is 10.1 Å². The molecule has 0 fully saturated rings. The van der Waals surface area contributed by atoms with Gasteiger partial charge in [-0.25, -0.2) is 4.68 Å². The Kier molecular flexibility index (Phi) is 5.54. The smallest absolute Gasteiger partial charge is 0.262 e. The van der Waals surface area contributed by atoms with Gasteiger partial charge in [0.15, 0.2) is 6.61 Å². The number of nitrogens with one attached hydrogen (secondary N) is 2. The molecule has 0 aliphatic carbocycles. The molecule has 0 bridgehead atoms. The Morgan fingerprint density at radius 1 is 1.30 bits per heavy atom. The number of benzene rings is 2. The fourth-order valence-corrected chi connectivity index (χ4v) is 4.20. The summed E-state index contributed by atoms with van der Waals surface area (Å²) in [7, 11) is 0. The number of amides is 2. The minimum Gasteiger partial charge on any atom is -0.484 e. The largest absolute Gasteiger partial charge is 0.484 e. The van der Waals surface area contributed by atoms with Crippen LogP contribution >= 0.6 is 15.9 Å². The van der Waals surface area contributed by atoms with Crippen LogP contribution in [-0.4, -0.2) is 33.2 Å². The van der Waals surface area contributed by atoms with E-state index in [0.29, 0.717) is 11.7 Å². The molecule has 0 spiro atoms. The van der Waals surface area contributed by atoms with Crippen molar-refractivity contribution in [2.75, 3.05) is 17.2 Å². The van der Waals surface area contributed by atoms with Crippen molar-refractivity contribution >= 4 is 39.4 Å². The lowest BCUT2D eigenvalue weighted by atomic mass is 10.0. The van der Waals surface area contributed by atoms with E-state index < -0.39 is 0 Å². The summed E-state index contributed by atoms with van der Waals surface area (Å²) in [5, 5.41) is 9.81. The van der Waals surface area contributed by atoms with E-state index in [0.717, 1.165) is 26.9 Å². The fourth-order valence-electron chi connectivity index (χ4n) is 3.51. The second-order valence-electron chi connectivity index (χ2n) is 7.12. The Morgan fingerprint density at radius 3 is 2.83 bits per heavy atom. The maximum absolute atomic E-state index is 12.4. The molecular weight excluding hydrogens is 450 g/mol. The molecule has 30 heavy (non-hydrogen) atoms. The van der Waals surface area contributed by atoms with Gasteiger partial charge in [-0.15, -0.1) is 0 Å². The van der Waals surface area contributed by atoms with Crippen LogP contribution < -0.4 is 15.4 Å². The SMILES string of the molecule is Cc1cc(Br)cc(C)c1NC(=O)COc1cccc([C@H]2CC(=O)Nc3ncnn32)c1. The van der Waals surface area contributed by atoms with E-state index >= 15 is 0 Å². The average molecular weight is 470 g/mol. The van der Waals surface area contributed by atoms with Gasteiger partial charge in [0.1, 0.15) is 12.1 Å². The fraction of sp³-hybridized carbons (Fsp3) is 0.238. The molecule has 1 aliphatic heterocycles. The third-order valence-electron chi connectivity index (χ3n) is 4.87. The summed E-state index contributed by atoms with van der Waals surface area (Å²) in [6.07, 6.45) is 1.66. The minimum atomic E-state index is -0.276. The average Bonchev–Trinajstić information content (AvgIpc) is 3.17. The molecule has 1 aromatic heterocycles. The molecule has 0 radical (unpaired) electrons. The van der Waals surface area contributed by atoms with E-state index in [1.165, 1.54) is 6.33 Å². The number of nitrogens with zero attached hydrogens (tertiary/aromatic N) is 3. The first-order valence-electron chi connectivity index (χ1n) is 9.39. The number of halogens is 1. The topological polar surface area (TPSA) is 98.1 Å². The van der Waals surface area contributed by atoms with Crippen molar-refractivity contribution in [3.63, 3.8) is 0 Å². The monoisotopic (exact) mass is 469 g/mol. The summed E-state index contributed by atoms with van der Waals surface area (Å²) in [5.41, 5.74) is 3.58. The summed E-state index contributed by atoms with van der Waals surface area (Å²) >= 11 is 3.45. The predicted octanol–water partition coefficient (Wildman–Crippen LogP) is 3.61. The van der Waals surface area contributed by atoms with E-state index in [1.54, 1.807) is 10.7 Å². The Bertz CT molecular complexity index is 1100. The Morgan fingerprint density at radius 2 is 2.07 bits per heavy atom. The number of aryl methyl sites for hydroxylation is 2. The molecule has 2 heterocycles. The number of fused-ring (bicyclic) bond motifs is 1. The standard InChI is InChI=1S/C21H20BrN5O3/c1-12-6-15(22)7-13(2)20(12)25-19(29)10-30-16-5-3-4-14(8-16)17-9-18(28)26-21-23-11-24-27(17)21/h3-8,11,17H,9-10H2,1-2H3,(H,25,29)(H,23,24,26,28)/t17-/m1/s1. The van der Waals surface area contributed by atoms with E-state index in [-0.39, 0.29) is 30.9 Å². The van der Waals surface area contributed by atoms with Gasteiger partial charge in [0, 0.05) is 10.2 Å². The van der Waals surface area contributed by atoms with Crippen LogP contribution in [0.2, 0.25) is 0 Å². The van der Waals surface area contributed by atoms with E-state index in [4.69, 9.17) is 4.74 Å². The number of carbonyl (C=O) groups excluding carboxylic acids is 2. The van der Waals surface area contributed by atoms with Gasteiger partial charge in [0.05, 0.1) is 12.5 Å². The van der Waals surface area contributed by atoms with Crippen molar-refractivity contribution in [3.8, 4) is 5.75 Å². The molecular formula is C21H20BrN5O3. The molecule has 154 valence electrons. The molecule has 2 N–H and O–H groups in total. The Hall–Kier alpha value is -3.20. The van der Waals surface area contributed by atoms with E-state index in [2.05, 4.69) is 36.6 Å². The highest BCUT2D eigenvalue weighted by molar-refractivity contribution is 9.10. The van der Waals surface area contributed by atoms with Gasteiger partial charge in [-0.2, -0.15) is 10.1 Å². The molecule has 1 aliphatic rings. The molecule has 8 nitrogen and oxygen atoms in total. The van der Waals surface area contributed by atoms with Crippen LogP contribution in [0, 0.1) is 13.8 Å². The van der Waals surface area contributed by atoms with Crippen LogP contribution in [0.25, 0.3) is 0 Å². The van der Waals surface area contributed by atoms with Gasteiger partial charge in [0.2, 0.25) is 11.9 Å². The third kappa shape index (κ3) is 4.20. The van der Waals surface area contributed by atoms with Gasteiger partial charge in [-0.1, -0.05) is 28.1 Å². The van der Waals surface area contributed by atoms with Crippen molar-refractivity contribution in [1.82, 2.24) is 14.8 Å². The number of carbonyl (C=O) groups is 2. The lowest BCUT2D eigenvalue weighted by molar-refractivity contribution is -0.118. The minimum absolute atomic E-state index is 0.119. The maximum atomic E-state index is 12.4. The third-order valence-corrected chi connectivity index (χ3v) is 5.33. The maximum Gasteiger partial charge on any atom is 0.262 e. The first-order chi connectivity index (χ1) is 14.4. The quantitative estimate of drug-likeness (QED) is 0.594. The molecule has 1 atom stereocenters. The number of rotatable bonds is 5. The zero-order valence-electron chi connectivity index (χ0n) is 16.5. The van der Waals surface area contributed by atoms with Crippen LogP contribution in [-0.2, 0) is 9.59 Å². The number of ether oxygens (including phenoxy) is 1. The predicted molar refractivity (Wildman–Crippen MR) is 116 cm³/mol. The lowest BCUT2D eigenvalue weighted by Crippen LogP contribution is -2.29. The highest BCUT2D eigenvalue weighted by Gasteiger charge is 2.27. The molecule has 0 saturated carbocycles. The molecule has 3 aromatic rings. The number of anilines is 2. The summed E-state index contributed by atoms with van der Waals surface area (Å²) in [6.45, 7) is 3.75. The van der Waals surface area contributed by atoms with Crippen molar-refractivity contribution in [2.24, 2.45) is 0 Å². The van der Waals surface area contributed by atoms with Crippen LogP contribution in [0.1, 0.15) is 29.2 Å². The first kappa shape index (κ1) is 20.1. The van der Waals surface area contributed by atoms with Crippen molar-refractivity contribution < 1.29 is 14.3 Å². The second-order valence-corrected chi connectivity index (χ2v) is 8.04. The van der Waals surface area contributed by atoms with E-state index in [9.17, 15) is 9.59 Å². The van der Waals surface area contributed by atoms with Crippen molar-refractivity contribution in [3.05, 3.63) is 63.9 Å². The number of aromatic nitrogens is 3. The molecule has 0 unspecified atom stereocenters. The summed E-state index contributed by atoms with van der Waals surface area (Å²) < 4.78 is 8.35. The number of hydrogen-bond donors (Lipinski definition) is 2. The van der Waals surface area contributed by atoms with E-state index in [1.807, 2.05) is 44.2 Å². The highest BCUT2D eigenvalue weighted by atomic mass is 79.9. The normalized spacial score (nSPS) is 15.3. The van der Waals surface area contributed by atoms with Crippen molar-refractivity contribution in [1.29, 1.82) is 0 Å². The Balaban J connectivity index is 1.45. The number of hydrogen-bond acceptors (Lipinski definition) is 5. The molecule has 9 heteroatoms. The molecule has 0 saturated heterocycles. The summed E-state index contributed by atoms with van der Waals surface area (Å²) in [6, 6.07) is 10.9. The molecule has 2 aromatic carbocycles. The van der Waals surface area contributed by atoms with Gasteiger partial charge in [-0.3, -0.25) is 14.9 Å². The van der Waals surface area contributed by atoms with Crippen LogP contribution in [0.15, 0.2) is 47.2 Å². The van der Waals surface area contributed by atoms with Gasteiger partial charge in [-0.05, 0) is 54.8 Å². The van der Waals surface area contributed by atoms with Crippen LogP contribution in [0.3, 0.4) is 0 Å². The second kappa shape index (κ2) is 8.27. The molecule has 4 rings (SSSR count). The highest BCUT2D eigenvalue weighted by Crippen LogP contribution is 2.30. The zero-order chi connectivity index (χ0) is 21.3. The van der Waals surface area contributed by atoms with Crippen LogP contribution in [0.4, 0.5) is 11.6 Å². The van der Waals surface area contributed by atoms with Gasteiger partial charge >= 0.3 is 0 Å². The van der Waals surface area contributed by atoms with Gasteiger partial charge in [0.25, 0.3) is 5.91 Å². The summed E-state index contributed by atoms with van der Waals surface area (Å²) in [5.74, 6) is 0.595.